The molecule has 17 heavy (non-hydrogen) atoms. The molecule has 3 nitrogen and oxygen atoms in total. The molecular weight excluding hydrogens is 236 g/mol. The van der Waals surface area contributed by atoms with Gasteiger partial charge in [-0.3, -0.25) is 4.79 Å². The summed E-state index contributed by atoms with van der Waals surface area (Å²) in [5, 5.41) is 18.2. The highest BCUT2D eigenvalue weighted by Crippen LogP contribution is 2.35. The highest BCUT2D eigenvalue weighted by molar-refractivity contribution is 7.99. The summed E-state index contributed by atoms with van der Waals surface area (Å²) in [6, 6.07) is 0. The lowest BCUT2D eigenvalue weighted by molar-refractivity contribution is -0.137. The summed E-state index contributed by atoms with van der Waals surface area (Å²) in [7, 11) is 0. The number of rotatable bonds is 8. The number of aliphatic hydroxyl groups is 1. The van der Waals surface area contributed by atoms with Gasteiger partial charge in [-0.2, -0.15) is 11.8 Å². The topological polar surface area (TPSA) is 57.5 Å². The van der Waals surface area contributed by atoms with Crippen molar-refractivity contribution in [1.82, 2.24) is 0 Å². The fraction of sp³-hybridized carbons (Fsp3) is 0.923. The van der Waals surface area contributed by atoms with Gasteiger partial charge < -0.3 is 10.2 Å². The summed E-state index contributed by atoms with van der Waals surface area (Å²) in [5.74, 6) is 2.73. The minimum Gasteiger partial charge on any atom is -0.481 e. The zero-order valence-corrected chi connectivity index (χ0v) is 11.4. The van der Waals surface area contributed by atoms with Crippen molar-refractivity contribution in [3.05, 3.63) is 0 Å². The van der Waals surface area contributed by atoms with Crippen LogP contribution in [0.4, 0.5) is 0 Å². The first kappa shape index (κ1) is 14.8. The van der Waals surface area contributed by atoms with E-state index in [1.807, 2.05) is 18.7 Å². The third-order valence-electron chi connectivity index (χ3n) is 3.58. The van der Waals surface area contributed by atoms with Crippen molar-refractivity contribution in [1.29, 1.82) is 0 Å². The summed E-state index contributed by atoms with van der Waals surface area (Å²) < 4.78 is 0. The largest absolute Gasteiger partial charge is 0.481 e. The number of hydrogen-bond donors (Lipinski definition) is 2. The average molecular weight is 260 g/mol. The average Bonchev–Trinajstić information content (AvgIpc) is 2.71. The molecule has 1 saturated heterocycles. The van der Waals surface area contributed by atoms with Gasteiger partial charge in [-0.15, -0.1) is 0 Å². The first-order valence-corrected chi connectivity index (χ1v) is 7.74. The van der Waals surface area contributed by atoms with Gasteiger partial charge in [-0.05, 0) is 43.1 Å². The number of unbranched alkanes of at least 4 members (excludes halogenated alkanes) is 3. The number of thioether (sulfide) groups is 1. The summed E-state index contributed by atoms with van der Waals surface area (Å²) >= 11 is 1.95. The summed E-state index contributed by atoms with van der Waals surface area (Å²) in [6.07, 6.45) is 5.43. The molecule has 0 spiro atoms. The Labute approximate surface area is 108 Å². The first-order chi connectivity index (χ1) is 8.11. The smallest absolute Gasteiger partial charge is 0.303 e. The van der Waals surface area contributed by atoms with Crippen LogP contribution in [0.1, 0.15) is 45.4 Å². The van der Waals surface area contributed by atoms with E-state index < -0.39 is 5.97 Å². The Morgan fingerprint density at radius 3 is 2.65 bits per heavy atom. The molecule has 0 saturated carbocycles. The number of carboxylic acid groups (broad SMARTS) is 1. The lowest BCUT2D eigenvalue weighted by Crippen LogP contribution is -2.24. The van der Waals surface area contributed by atoms with Crippen LogP contribution in [-0.4, -0.2) is 33.8 Å². The second-order valence-corrected chi connectivity index (χ2v) is 6.12. The molecule has 4 heteroatoms. The quantitative estimate of drug-likeness (QED) is 0.659. The molecular formula is C13H24O3S. The Balaban J connectivity index is 2.04. The molecule has 2 N–H and O–H groups in total. The van der Waals surface area contributed by atoms with Crippen LogP contribution in [0.3, 0.4) is 0 Å². The SMILES string of the molecule is CC(O)C1CSCC1CCCCCCC(=O)O. The van der Waals surface area contributed by atoms with Crippen LogP contribution in [0.25, 0.3) is 0 Å². The molecule has 0 aliphatic carbocycles. The van der Waals surface area contributed by atoms with Crippen LogP contribution in [0.15, 0.2) is 0 Å². The molecule has 3 unspecified atom stereocenters. The molecule has 1 rings (SSSR count). The summed E-state index contributed by atoms with van der Waals surface area (Å²) in [6.45, 7) is 1.90. The highest BCUT2D eigenvalue weighted by Gasteiger charge is 2.30. The maximum absolute atomic E-state index is 10.3. The van der Waals surface area contributed by atoms with E-state index in [1.165, 1.54) is 18.6 Å². The number of carbonyl (C=O) groups is 1. The second-order valence-electron chi connectivity index (χ2n) is 5.05. The van der Waals surface area contributed by atoms with E-state index in [0.717, 1.165) is 25.0 Å². The zero-order chi connectivity index (χ0) is 12.7. The van der Waals surface area contributed by atoms with Crippen molar-refractivity contribution in [2.24, 2.45) is 11.8 Å². The van der Waals surface area contributed by atoms with Crippen LogP contribution >= 0.6 is 11.8 Å². The lowest BCUT2D eigenvalue weighted by atomic mass is 9.87. The van der Waals surface area contributed by atoms with Crippen molar-refractivity contribution in [3.63, 3.8) is 0 Å². The van der Waals surface area contributed by atoms with Gasteiger partial charge in [-0.25, -0.2) is 0 Å². The number of aliphatic hydroxyl groups excluding tert-OH is 1. The van der Waals surface area contributed by atoms with Gasteiger partial charge in [0.1, 0.15) is 0 Å². The fourth-order valence-electron chi connectivity index (χ4n) is 2.48. The van der Waals surface area contributed by atoms with Crippen LogP contribution in [0, 0.1) is 11.8 Å². The van der Waals surface area contributed by atoms with Crippen LogP contribution in [0.2, 0.25) is 0 Å². The van der Waals surface area contributed by atoms with Crippen molar-refractivity contribution < 1.29 is 15.0 Å². The van der Waals surface area contributed by atoms with E-state index in [9.17, 15) is 9.90 Å². The van der Waals surface area contributed by atoms with Crippen molar-refractivity contribution in [2.45, 2.75) is 51.6 Å². The molecule has 0 bridgehead atoms. The van der Waals surface area contributed by atoms with Gasteiger partial charge in [0.15, 0.2) is 0 Å². The Morgan fingerprint density at radius 2 is 2.00 bits per heavy atom. The standard InChI is InChI=1S/C13H24O3S/c1-10(14)12-9-17-8-11(12)6-4-2-3-5-7-13(15)16/h10-12,14H,2-9H2,1H3,(H,15,16). The molecule has 0 aromatic heterocycles. The highest BCUT2D eigenvalue weighted by atomic mass is 32.2. The van der Waals surface area contributed by atoms with E-state index in [4.69, 9.17) is 5.11 Å². The lowest BCUT2D eigenvalue weighted by Gasteiger charge is -2.21. The molecule has 1 aliphatic rings. The molecule has 1 fully saturated rings. The minimum atomic E-state index is -0.689. The Bertz CT molecular complexity index is 231. The monoisotopic (exact) mass is 260 g/mol. The van der Waals surface area contributed by atoms with Gasteiger partial charge in [-0.1, -0.05) is 19.3 Å². The molecule has 0 amide bonds. The van der Waals surface area contributed by atoms with Gasteiger partial charge in [0, 0.05) is 6.42 Å². The number of hydrogen-bond acceptors (Lipinski definition) is 3. The Kier molecular flexibility index (Phi) is 6.97. The van der Waals surface area contributed by atoms with Gasteiger partial charge in [0.25, 0.3) is 0 Å². The molecule has 1 heterocycles. The maximum Gasteiger partial charge on any atom is 0.303 e. The van der Waals surface area contributed by atoms with E-state index in [0.29, 0.717) is 18.3 Å². The molecule has 1 aliphatic heterocycles. The van der Waals surface area contributed by atoms with E-state index in [-0.39, 0.29) is 6.10 Å². The van der Waals surface area contributed by atoms with E-state index in [2.05, 4.69) is 0 Å². The third-order valence-corrected chi connectivity index (χ3v) is 4.87. The normalized spacial score (nSPS) is 26.0. The second kappa shape index (κ2) is 7.98. The summed E-state index contributed by atoms with van der Waals surface area (Å²) in [5.41, 5.74) is 0. The Hall–Kier alpha value is -0.220. The van der Waals surface area contributed by atoms with E-state index >= 15 is 0 Å². The minimum absolute atomic E-state index is 0.179. The molecule has 0 aromatic rings. The van der Waals surface area contributed by atoms with Gasteiger partial charge >= 0.3 is 5.97 Å². The molecule has 3 atom stereocenters. The molecule has 100 valence electrons. The van der Waals surface area contributed by atoms with Crippen LogP contribution < -0.4 is 0 Å². The maximum atomic E-state index is 10.3. The molecule has 0 aromatic carbocycles. The van der Waals surface area contributed by atoms with Crippen LogP contribution in [-0.2, 0) is 4.79 Å². The number of aliphatic carboxylic acids is 1. The first-order valence-electron chi connectivity index (χ1n) is 6.59. The number of carboxylic acids is 1. The predicted molar refractivity (Wildman–Crippen MR) is 71.3 cm³/mol. The third kappa shape index (κ3) is 5.77. The van der Waals surface area contributed by atoms with Crippen molar-refractivity contribution >= 4 is 17.7 Å². The van der Waals surface area contributed by atoms with Crippen LogP contribution in [0.5, 0.6) is 0 Å². The van der Waals surface area contributed by atoms with E-state index in [1.54, 1.807) is 0 Å². The van der Waals surface area contributed by atoms with Gasteiger partial charge in [0.05, 0.1) is 6.10 Å². The van der Waals surface area contributed by atoms with Crippen molar-refractivity contribution in [2.75, 3.05) is 11.5 Å². The predicted octanol–water partition coefficient (Wildman–Crippen LogP) is 2.77. The molecule has 0 radical (unpaired) electrons. The fourth-order valence-corrected chi connectivity index (χ4v) is 4.16. The zero-order valence-electron chi connectivity index (χ0n) is 10.6. The van der Waals surface area contributed by atoms with Crippen molar-refractivity contribution in [3.8, 4) is 0 Å². The summed E-state index contributed by atoms with van der Waals surface area (Å²) in [4.78, 5) is 10.3. The Morgan fingerprint density at radius 1 is 1.29 bits per heavy atom. The van der Waals surface area contributed by atoms with Gasteiger partial charge in [0.2, 0.25) is 0 Å².